The molecule has 36 heavy (non-hydrogen) atoms. The van der Waals surface area contributed by atoms with E-state index in [1.54, 1.807) is 10.6 Å². The first-order valence-corrected chi connectivity index (χ1v) is 11.3. The smallest absolute Gasteiger partial charge is 0.433 e. The van der Waals surface area contributed by atoms with Gasteiger partial charge >= 0.3 is 11.9 Å². The Morgan fingerprint density at radius 3 is 2.50 bits per heavy atom. The van der Waals surface area contributed by atoms with Crippen molar-refractivity contribution < 1.29 is 31.4 Å². The van der Waals surface area contributed by atoms with Gasteiger partial charge in [0.05, 0.1) is 0 Å². The zero-order valence-corrected chi connectivity index (χ0v) is 19.8. The molecule has 11 heteroatoms. The second kappa shape index (κ2) is 9.51. The van der Waals surface area contributed by atoms with Gasteiger partial charge in [-0.3, -0.25) is 9.55 Å². The number of ether oxygens (including phenoxy) is 2. The van der Waals surface area contributed by atoms with Crippen molar-refractivity contribution in [1.82, 2.24) is 14.5 Å². The van der Waals surface area contributed by atoms with Crippen molar-refractivity contribution in [1.29, 1.82) is 0 Å². The summed E-state index contributed by atoms with van der Waals surface area (Å²) in [5.41, 5.74) is -0.939. The molecule has 0 fully saturated rings. The Morgan fingerprint density at radius 1 is 1.14 bits per heavy atom. The first-order chi connectivity index (χ1) is 16.8. The molecule has 3 aromatic rings. The van der Waals surface area contributed by atoms with Gasteiger partial charge < -0.3 is 9.47 Å². The van der Waals surface area contributed by atoms with Crippen LogP contribution in [0.15, 0.2) is 41.3 Å². The van der Waals surface area contributed by atoms with E-state index in [2.05, 4.69) is 30.7 Å². The Balaban J connectivity index is 1.50. The molecule has 2 aromatic heterocycles. The van der Waals surface area contributed by atoms with Gasteiger partial charge in [-0.25, -0.2) is 13.6 Å². The van der Waals surface area contributed by atoms with Crippen molar-refractivity contribution in [2.24, 2.45) is 11.3 Å². The standard InChI is InChI=1S/C25H24F5N3O3/c1-14-4-5-16-10-21(32-23(34)33(16)13-24(14,2)3)35-12-15-8-18(26)22(19(27)9-15)36-17-6-7-31-20(11-17)25(28,29)30/h6-11,14H,4-5,12-13H2,1-3H3. The summed E-state index contributed by atoms with van der Waals surface area (Å²) in [6.45, 7) is 6.57. The first kappa shape index (κ1) is 25.6. The van der Waals surface area contributed by atoms with Crippen LogP contribution in [-0.4, -0.2) is 14.5 Å². The van der Waals surface area contributed by atoms with Crippen LogP contribution in [0.3, 0.4) is 0 Å². The highest BCUT2D eigenvalue weighted by atomic mass is 19.4. The second-order valence-corrected chi connectivity index (χ2v) is 9.54. The van der Waals surface area contributed by atoms with Gasteiger partial charge in [-0.2, -0.15) is 18.2 Å². The lowest BCUT2D eigenvalue weighted by molar-refractivity contribution is -0.141. The number of alkyl halides is 3. The predicted octanol–water partition coefficient (Wildman–Crippen LogP) is 5.92. The number of fused-ring (bicyclic) bond motifs is 1. The summed E-state index contributed by atoms with van der Waals surface area (Å²) in [6, 6.07) is 5.12. The van der Waals surface area contributed by atoms with Crippen molar-refractivity contribution in [2.75, 3.05) is 0 Å². The zero-order chi connectivity index (χ0) is 26.3. The Labute approximate surface area is 203 Å². The van der Waals surface area contributed by atoms with E-state index < -0.39 is 40.7 Å². The monoisotopic (exact) mass is 509 g/mol. The summed E-state index contributed by atoms with van der Waals surface area (Å²) in [6.07, 6.45) is -2.36. The molecule has 4 rings (SSSR count). The molecule has 0 saturated carbocycles. The number of halogens is 5. The van der Waals surface area contributed by atoms with Gasteiger partial charge in [0.25, 0.3) is 0 Å². The number of benzene rings is 1. The average Bonchev–Trinajstić information content (AvgIpc) is 2.91. The Hall–Kier alpha value is -3.50. The lowest BCUT2D eigenvalue weighted by Gasteiger charge is -2.29. The first-order valence-electron chi connectivity index (χ1n) is 11.3. The van der Waals surface area contributed by atoms with Crippen LogP contribution in [0.25, 0.3) is 0 Å². The highest BCUT2D eigenvalue weighted by molar-refractivity contribution is 5.36. The normalized spacial score (nSPS) is 17.3. The number of nitrogens with zero attached hydrogens (tertiary/aromatic N) is 3. The maximum atomic E-state index is 14.6. The van der Waals surface area contributed by atoms with Gasteiger partial charge in [-0.1, -0.05) is 20.8 Å². The van der Waals surface area contributed by atoms with Gasteiger partial charge in [0.15, 0.2) is 17.4 Å². The molecule has 1 aromatic carbocycles. The third kappa shape index (κ3) is 5.50. The molecule has 0 amide bonds. The van der Waals surface area contributed by atoms with Crippen LogP contribution < -0.4 is 15.2 Å². The van der Waals surface area contributed by atoms with E-state index in [9.17, 15) is 26.7 Å². The fraction of sp³-hybridized carbons (Fsp3) is 0.400. The van der Waals surface area contributed by atoms with Crippen molar-refractivity contribution in [3.63, 3.8) is 0 Å². The summed E-state index contributed by atoms with van der Waals surface area (Å²) in [7, 11) is 0. The van der Waals surface area contributed by atoms with Crippen molar-refractivity contribution in [3.05, 3.63) is 75.6 Å². The van der Waals surface area contributed by atoms with Crippen LogP contribution in [0.2, 0.25) is 0 Å². The molecule has 0 spiro atoms. The molecule has 192 valence electrons. The van der Waals surface area contributed by atoms with Crippen LogP contribution in [0.5, 0.6) is 17.4 Å². The highest BCUT2D eigenvalue weighted by Gasteiger charge is 2.33. The summed E-state index contributed by atoms with van der Waals surface area (Å²) in [5, 5.41) is 0. The molecule has 0 bridgehead atoms. The van der Waals surface area contributed by atoms with Crippen molar-refractivity contribution in [3.8, 4) is 17.4 Å². The number of rotatable bonds is 5. The van der Waals surface area contributed by atoms with Crippen molar-refractivity contribution in [2.45, 2.75) is 52.9 Å². The molecule has 3 heterocycles. The minimum absolute atomic E-state index is 0.0382. The third-order valence-corrected chi connectivity index (χ3v) is 6.49. The quantitative estimate of drug-likeness (QED) is 0.400. The van der Waals surface area contributed by atoms with E-state index >= 15 is 0 Å². The molecule has 0 saturated heterocycles. The number of pyridine rings is 1. The molecule has 0 N–H and O–H groups in total. The largest absolute Gasteiger partial charge is 0.473 e. The highest BCUT2D eigenvalue weighted by Crippen LogP contribution is 2.35. The minimum atomic E-state index is -4.74. The molecule has 0 radical (unpaired) electrons. The lowest BCUT2D eigenvalue weighted by atomic mass is 9.78. The number of hydrogen-bond acceptors (Lipinski definition) is 5. The molecular weight excluding hydrogens is 485 g/mol. The minimum Gasteiger partial charge on any atom is -0.473 e. The van der Waals surface area contributed by atoms with Gasteiger partial charge in [0, 0.05) is 30.6 Å². The number of aromatic nitrogens is 3. The zero-order valence-electron chi connectivity index (χ0n) is 19.8. The lowest BCUT2D eigenvalue weighted by Crippen LogP contribution is -2.33. The van der Waals surface area contributed by atoms with Crippen LogP contribution in [0.4, 0.5) is 22.0 Å². The second-order valence-electron chi connectivity index (χ2n) is 9.54. The van der Waals surface area contributed by atoms with Gasteiger partial charge in [-0.05, 0) is 47.9 Å². The maximum absolute atomic E-state index is 14.6. The van der Waals surface area contributed by atoms with Gasteiger partial charge in [0.1, 0.15) is 18.1 Å². The number of hydrogen-bond donors (Lipinski definition) is 0. The Morgan fingerprint density at radius 2 is 1.83 bits per heavy atom. The molecule has 1 unspecified atom stereocenters. The molecular formula is C25H24F5N3O3. The number of aryl methyl sites for hydroxylation is 1. The fourth-order valence-corrected chi connectivity index (χ4v) is 4.00. The molecule has 6 nitrogen and oxygen atoms in total. The van der Waals surface area contributed by atoms with E-state index in [4.69, 9.17) is 9.47 Å². The SMILES string of the molecule is CC1CCc2cc(OCc3cc(F)c(Oc4ccnc(C(F)(F)F)c4)c(F)c3)nc(=O)n2CC1(C)C. The molecule has 0 aliphatic carbocycles. The van der Waals surface area contributed by atoms with Gasteiger partial charge in [0.2, 0.25) is 5.88 Å². The summed E-state index contributed by atoms with van der Waals surface area (Å²) >= 11 is 0. The van der Waals surface area contributed by atoms with Crippen molar-refractivity contribution >= 4 is 0 Å². The predicted molar refractivity (Wildman–Crippen MR) is 120 cm³/mol. The third-order valence-electron chi connectivity index (χ3n) is 6.49. The van der Waals surface area contributed by atoms with E-state index in [-0.39, 0.29) is 23.5 Å². The van der Waals surface area contributed by atoms with Gasteiger partial charge in [-0.15, -0.1) is 0 Å². The molecule has 1 aliphatic heterocycles. The van der Waals surface area contributed by atoms with E-state index in [0.717, 1.165) is 36.5 Å². The van der Waals surface area contributed by atoms with E-state index in [1.165, 1.54) is 0 Å². The maximum Gasteiger partial charge on any atom is 0.433 e. The Kier molecular flexibility index (Phi) is 6.76. The van der Waals surface area contributed by atoms with Crippen LogP contribution >= 0.6 is 0 Å². The topological polar surface area (TPSA) is 66.2 Å². The van der Waals surface area contributed by atoms with E-state index in [0.29, 0.717) is 24.9 Å². The van der Waals surface area contributed by atoms with Crippen LogP contribution in [0, 0.1) is 23.0 Å². The summed E-state index contributed by atoms with van der Waals surface area (Å²) in [5.74, 6) is -3.13. The fourth-order valence-electron chi connectivity index (χ4n) is 4.00. The molecule has 1 aliphatic rings. The average molecular weight is 509 g/mol. The summed E-state index contributed by atoms with van der Waals surface area (Å²) < 4.78 is 79.8. The van der Waals surface area contributed by atoms with E-state index in [1.807, 2.05) is 0 Å². The Bertz CT molecular complexity index is 1310. The summed E-state index contributed by atoms with van der Waals surface area (Å²) in [4.78, 5) is 19.7. The van der Waals surface area contributed by atoms with Crippen LogP contribution in [-0.2, 0) is 25.7 Å². The molecule has 1 atom stereocenters. The van der Waals surface area contributed by atoms with Crippen LogP contribution in [0.1, 0.15) is 44.1 Å².